The molecule has 6 heteroatoms. The maximum absolute atomic E-state index is 13.3. The van der Waals surface area contributed by atoms with Crippen molar-refractivity contribution >= 4 is 33.3 Å². The minimum Gasteiger partial charge on any atom is -0.496 e. The Hall–Kier alpha value is -2.89. The monoisotopic (exact) mass is 440 g/mol. The third kappa shape index (κ3) is 5.17. The number of sulfone groups is 1. The summed E-state index contributed by atoms with van der Waals surface area (Å²) in [5.41, 5.74) is 2.38. The van der Waals surface area contributed by atoms with Crippen LogP contribution in [0.4, 0.5) is 0 Å². The smallest absolute Gasteiger partial charge is 0.204 e. The summed E-state index contributed by atoms with van der Waals surface area (Å²) in [6.07, 6.45) is 1.37. The summed E-state index contributed by atoms with van der Waals surface area (Å²) in [5, 5.41) is 0.462. The maximum atomic E-state index is 13.3. The van der Waals surface area contributed by atoms with Gasteiger partial charge < -0.3 is 4.74 Å². The van der Waals surface area contributed by atoms with Crippen LogP contribution >= 0.6 is 11.6 Å². The number of halogens is 1. The van der Waals surface area contributed by atoms with Crippen LogP contribution in [0.2, 0.25) is 5.02 Å². The molecule has 4 nitrogen and oxygen atoms in total. The van der Waals surface area contributed by atoms with Gasteiger partial charge in [-0.1, -0.05) is 59.6 Å². The van der Waals surface area contributed by atoms with Crippen LogP contribution in [0, 0.1) is 6.92 Å². The highest BCUT2D eigenvalue weighted by Gasteiger charge is 2.27. The van der Waals surface area contributed by atoms with Crippen molar-refractivity contribution < 1.29 is 17.9 Å². The Morgan fingerprint density at radius 2 is 1.60 bits per heavy atom. The van der Waals surface area contributed by atoms with Crippen LogP contribution in [-0.4, -0.2) is 21.3 Å². The van der Waals surface area contributed by atoms with Gasteiger partial charge in [0, 0.05) is 16.1 Å². The average Bonchev–Trinajstić information content (AvgIpc) is 2.73. The summed E-state index contributed by atoms with van der Waals surface area (Å²) in [6.45, 7) is 1.93. The molecule has 154 valence electrons. The van der Waals surface area contributed by atoms with E-state index in [1.807, 2.05) is 19.1 Å². The Bertz CT molecular complexity index is 1180. The second-order valence-electron chi connectivity index (χ2n) is 6.83. The normalized spacial score (nSPS) is 11.9. The molecule has 0 spiro atoms. The molecule has 30 heavy (non-hydrogen) atoms. The molecule has 0 aliphatic heterocycles. The number of hydrogen-bond donors (Lipinski definition) is 0. The van der Waals surface area contributed by atoms with Crippen LogP contribution in [0.15, 0.2) is 77.7 Å². The van der Waals surface area contributed by atoms with Gasteiger partial charge >= 0.3 is 0 Å². The lowest BCUT2D eigenvalue weighted by Gasteiger charge is -2.11. The van der Waals surface area contributed by atoms with Crippen molar-refractivity contribution in [2.75, 3.05) is 7.11 Å². The Morgan fingerprint density at radius 3 is 2.23 bits per heavy atom. The number of para-hydroxylation sites is 1. The minimum atomic E-state index is -3.95. The molecule has 0 atom stereocenters. The fourth-order valence-electron chi connectivity index (χ4n) is 2.95. The summed E-state index contributed by atoms with van der Waals surface area (Å²) in [6, 6.07) is 20.3. The van der Waals surface area contributed by atoms with Crippen molar-refractivity contribution in [1.29, 1.82) is 0 Å². The van der Waals surface area contributed by atoms with Crippen molar-refractivity contribution in [3.05, 3.63) is 105 Å². The molecule has 0 unspecified atom stereocenters. The predicted molar refractivity (Wildman–Crippen MR) is 121 cm³/mol. The van der Waals surface area contributed by atoms with Crippen molar-refractivity contribution in [2.24, 2.45) is 0 Å². The van der Waals surface area contributed by atoms with Gasteiger partial charge in [-0.25, -0.2) is 8.42 Å². The Morgan fingerprint density at radius 1 is 0.967 bits per heavy atom. The van der Waals surface area contributed by atoms with Gasteiger partial charge in [0.2, 0.25) is 5.78 Å². The molecular weight excluding hydrogens is 420 g/mol. The van der Waals surface area contributed by atoms with Crippen LogP contribution in [-0.2, 0) is 15.6 Å². The number of allylic oxidation sites excluding steroid dienone is 1. The van der Waals surface area contributed by atoms with Crippen LogP contribution in [0.5, 0.6) is 5.75 Å². The quantitative estimate of drug-likeness (QED) is 0.359. The van der Waals surface area contributed by atoms with Crippen LogP contribution < -0.4 is 4.74 Å². The lowest BCUT2D eigenvalue weighted by molar-refractivity contribution is 0.104. The fraction of sp³-hybridized carbons (Fsp3) is 0.125. The first kappa shape index (κ1) is 21.8. The number of benzene rings is 3. The molecule has 0 N–H and O–H groups in total. The number of carbonyl (C=O) groups excluding carboxylic acids is 1. The van der Waals surface area contributed by atoms with E-state index < -0.39 is 15.6 Å². The zero-order chi connectivity index (χ0) is 21.7. The summed E-state index contributed by atoms with van der Waals surface area (Å²) in [5.74, 6) is -0.401. The van der Waals surface area contributed by atoms with E-state index in [1.165, 1.54) is 25.3 Å². The van der Waals surface area contributed by atoms with E-state index in [9.17, 15) is 13.2 Å². The topological polar surface area (TPSA) is 60.4 Å². The highest BCUT2D eigenvalue weighted by molar-refractivity contribution is 7.95. The molecule has 0 saturated heterocycles. The number of Topliss-reactive ketones (excluding diaryl/α,β-unsaturated/α-hetero) is 1. The first-order chi connectivity index (χ1) is 14.3. The Kier molecular flexibility index (Phi) is 6.75. The van der Waals surface area contributed by atoms with E-state index in [0.29, 0.717) is 21.9 Å². The summed E-state index contributed by atoms with van der Waals surface area (Å²) in [4.78, 5) is 12.9. The van der Waals surface area contributed by atoms with Crippen molar-refractivity contribution in [2.45, 2.75) is 12.7 Å². The highest BCUT2D eigenvalue weighted by Crippen LogP contribution is 2.27. The van der Waals surface area contributed by atoms with E-state index in [1.54, 1.807) is 48.5 Å². The van der Waals surface area contributed by atoms with Crippen LogP contribution in [0.25, 0.3) is 6.08 Å². The number of ether oxygens (including phenoxy) is 1. The second-order valence-corrected chi connectivity index (χ2v) is 9.23. The molecule has 0 heterocycles. The molecule has 0 aliphatic carbocycles. The molecule has 3 aromatic carbocycles. The number of carbonyl (C=O) groups is 1. The van der Waals surface area contributed by atoms with E-state index in [-0.39, 0.29) is 16.2 Å². The third-order valence-corrected chi connectivity index (χ3v) is 6.51. The first-order valence-electron chi connectivity index (χ1n) is 9.23. The lowest BCUT2D eigenvalue weighted by atomic mass is 10.1. The number of hydrogen-bond acceptors (Lipinski definition) is 4. The Balaban J connectivity index is 2.10. The summed E-state index contributed by atoms with van der Waals surface area (Å²) in [7, 11) is -2.45. The summed E-state index contributed by atoms with van der Waals surface area (Å²) < 4.78 is 32.0. The largest absolute Gasteiger partial charge is 0.496 e. The number of rotatable bonds is 7. The van der Waals surface area contributed by atoms with Gasteiger partial charge in [0.1, 0.15) is 10.7 Å². The van der Waals surface area contributed by atoms with Crippen molar-refractivity contribution in [3.63, 3.8) is 0 Å². The molecule has 3 aromatic rings. The van der Waals surface area contributed by atoms with Gasteiger partial charge in [-0.3, -0.25) is 4.79 Å². The van der Waals surface area contributed by atoms with Gasteiger partial charge in [-0.2, -0.15) is 0 Å². The van der Waals surface area contributed by atoms with Gasteiger partial charge in [-0.05, 0) is 48.9 Å². The molecule has 0 aromatic heterocycles. The molecule has 0 amide bonds. The van der Waals surface area contributed by atoms with Crippen molar-refractivity contribution in [3.8, 4) is 5.75 Å². The van der Waals surface area contributed by atoms with E-state index >= 15 is 0 Å². The Labute approximate surface area is 181 Å². The molecule has 0 bridgehead atoms. The van der Waals surface area contributed by atoms with Gasteiger partial charge in [0.05, 0.1) is 12.9 Å². The predicted octanol–water partition coefficient (Wildman–Crippen LogP) is 5.50. The first-order valence-corrected chi connectivity index (χ1v) is 11.3. The van der Waals surface area contributed by atoms with Gasteiger partial charge in [0.25, 0.3) is 0 Å². The molecule has 0 fully saturated rings. The number of ketones is 1. The van der Waals surface area contributed by atoms with E-state index in [4.69, 9.17) is 16.3 Å². The molecule has 3 rings (SSSR count). The van der Waals surface area contributed by atoms with E-state index in [0.717, 1.165) is 5.56 Å². The maximum Gasteiger partial charge on any atom is 0.204 e. The van der Waals surface area contributed by atoms with E-state index in [2.05, 4.69) is 0 Å². The SMILES string of the molecule is COc1ccccc1/C=C(/C(=O)c1ccc(Cl)cc1)S(=O)(=O)Cc1ccc(C)cc1. The van der Waals surface area contributed by atoms with Crippen LogP contribution in [0.1, 0.15) is 27.0 Å². The standard InChI is InChI=1S/C24H21ClO4S/c1-17-7-9-18(10-8-17)16-30(27,28)23(15-20-5-3-4-6-22(20)29-2)24(26)19-11-13-21(25)14-12-19/h3-15H,16H2,1-2H3/b23-15-. The second kappa shape index (κ2) is 9.28. The zero-order valence-electron chi connectivity index (χ0n) is 16.6. The van der Waals surface area contributed by atoms with Crippen LogP contribution in [0.3, 0.4) is 0 Å². The van der Waals surface area contributed by atoms with Gasteiger partial charge in [0.15, 0.2) is 9.84 Å². The minimum absolute atomic E-state index is 0.244. The third-order valence-electron chi connectivity index (χ3n) is 4.57. The highest BCUT2D eigenvalue weighted by atomic mass is 35.5. The summed E-state index contributed by atoms with van der Waals surface area (Å²) >= 11 is 5.91. The zero-order valence-corrected chi connectivity index (χ0v) is 18.2. The van der Waals surface area contributed by atoms with Gasteiger partial charge in [-0.15, -0.1) is 0 Å². The number of aryl methyl sites for hydroxylation is 1. The average molecular weight is 441 g/mol. The van der Waals surface area contributed by atoms with Crippen molar-refractivity contribution in [1.82, 2.24) is 0 Å². The molecule has 0 saturated carbocycles. The lowest BCUT2D eigenvalue weighted by Crippen LogP contribution is -2.16. The number of methoxy groups -OCH3 is 1. The molecule has 0 radical (unpaired) electrons. The molecular formula is C24H21ClO4S. The molecule has 0 aliphatic rings. The fourth-order valence-corrected chi connectivity index (χ4v) is 4.57.